The van der Waals surface area contributed by atoms with Crippen molar-refractivity contribution in [1.82, 2.24) is 9.55 Å². The Morgan fingerprint density at radius 1 is 1.39 bits per heavy atom. The van der Waals surface area contributed by atoms with Crippen LogP contribution < -0.4 is 0 Å². The van der Waals surface area contributed by atoms with Crippen molar-refractivity contribution >= 4 is 62.1 Å². The number of rotatable bonds is 2. The van der Waals surface area contributed by atoms with Gasteiger partial charge in [-0.1, -0.05) is 11.6 Å². The molecule has 1 N–H and O–H groups in total. The van der Waals surface area contributed by atoms with Crippen LogP contribution in [0.3, 0.4) is 0 Å². The summed E-state index contributed by atoms with van der Waals surface area (Å²) in [6.07, 6.45) is 0. The highest BCUT2D eigenvalue weighted by atomic mass is 79.9. The van der Waals surface area contributed by atoms with Gasteiger partial charge in [-0.15, -0.1) is 11.3 Å². The number of fused-ring (bicyclic) bond motifs is 1. The van der Waals surface area contributed by atoms with Gasteiger partial charge in [0.05, 0.1) is 17.6 Å². The summed E-state index contributed by atoms with van der Waals surface area (Å²) in [5.74, 6) is 0. The van der Waals surface area contributed by atoms with E-state index in [1.54, 1.807) is 11.3 Å². The largest absolute Gasteiger partial charge is 0.331 e. The maximum absolute atomic E-state index is 5.98. The number of aromatic nitrogens is 2. The van der Waals surface area contributed by atoms with Crippen molar-refractivity contribution in [2.24, 2.45) is 0 Å². The molecule has 6 heteroatoms. The lowest BCUT2D eigenvalue weighted by atomic mass is 10.3. The zero-order valence-electron chi connectivity index (χ0n) is 9.11. The molecule has 0 saturated carbocycles. The van der Waals surface area contributed by atoms with Gasteiger partial charge in [-0.3, -0.25) is 0 Å². The molecule has 0 fully saturated rings. The lowest BCUT2D eigenvalue weighted by molar-refractivity contribution is 0.821. The number of aromatic amines is 1. The van der Waals surface area contributed by atoms with E-state index in [4.69, 9.17) is 23.8 Å². The van der Waals surface area contributed by atoms with Crippen LogP contribution in [-0.2, 0) is 6.54 Å². The Morgan fingerprint density at radius 2 is 2.22 bits per heavy atom. The van der Waals surface area contributed by atoms with Gasteiger partial charge in [-0.25, -0.2) is 0 Å². The quantitative estimate of drug-likeness (QED) is 0.622. The van der Waals surface area contributed by atoms with Crippen molar-refractivity contribution < 1.29 is 0 Å². The van der Waals surface area contributed by atoms with E-state index >= 15 is 0 Å². The molecule has 2 heterocycles. The first-order valence-electron chi connectivity index (χ1n) is 5.25. The Morgan fingerprint density at radius 3 is 2.94 bits per heavy atom. The predicted molar refractivity (Wildman–Crippen MR) is 83.3 cm³/mol. The molecule has 3 aromatic rings. The lowest BCUT2D eigenvalue weighted by Gasteiger charge is -2.03. The van der Waals surface area contributed by atoms with Gasteiger partial charge in [0.2, 0.25) is 0 Å². The number of imidazole rings is 1. The SMILES string of the molecule is S=c1[nH]c2cc(Cl)ccc2n1Cc1sccc1Br. The van der Waals surface area contributed by atoms with Crippen LogP contribution in [0.1, 0.15) is 4.88 Å². The fourth-order valence-corrected chi connectivity index (χ4v) is 3.78. The van der Waals surface area contributed by atoms with E-state index in [0.29, 0.717) is 9.79 Å². The summed E-state index contributed by atoms with van der Waals surface area (Å²) in [4.78, 5) is 4.43. The van der Waals surface area contributed by atoms with Crippen LogP contribution in [-0.4, -0.2) is 9.55 Å². The Bertz CT molecular complexity index is 772. The minimum atomic E-state index is 0.711. The standard InChI is InChI=1S/C12H8BrClN2S2/c13-8-3-4-18-11(8)6-16-10-2-1-7(14)5-9(10)15-12(16)17/h1-5H,6H2,(H,15,17). The molecule has 0 aliphatic heterocycles. The van der Waals surface area contributed by atoms with E-state index in [1.165, 1.54) is 4.88 Å². The Balaban J connectivity index is 2.15. The third kappa shape index (κ3) is 2.16. The molecule has 0 atom stereocenters. The molecule has 0 saturated heterocycles. The van der Waals surface area contributed by atoms with Crippen molar-refractivity contribution in [2.45, 2.75) is 6.54 Å². The topological polar surface area (TPSA) is 20.7 Å². The molecule has 0 amide bonds. The Kier molecular flexibility index (Phi) is 3.32. The van der Waals surface area contributed by atoms with Gasteiger partial charge in [-0.05, 0) is 57.8 Å². The van der Waals surface area contributed by atoms with Crippen LogP contribution in [0.4, 0.5) is 0 Å². The smallest absolute Gasteiger partial charge is 0.178 e. The van der Waals surface area contributed by atoms with Crippen LogP contribution in [0, 0.1) is 4.77 Å². The van der Waals surface area contributed by atoms with Crippen LogP contribution in [0.5, 0.6) is 0 Å². The molecule has 3 rings (SSSR count). The number of hydrogen-bond donors (Lipinski definition) is 1. The summed E-state index contributed by atoms with van der Waals surface area (Å²) in [7, 11) is 0. The van der Waals surface area contributed by atoms with Crippen molar-refractivity contribution in [2.75, 3.05) is 0 Å². The van der Waals surface area contributed by atoms with Gasteiger partial charge in [0.15, 0.2) is 4.77 Å². The minimum Gasteiger partial charge on any atom is -0.331 e. The zero-order chi connectivity index (χ0) is 12.7. The summed E-state index contributed by atoms with van der Waals surface area (Å²) in [6.45, 7) is 0.763. The van der Waals surface area contributed by atoms with E-state index < -0.39 is 0 Å². The molecule has 0 unspecified atom stereocenters. The molecular weight excluding hydrogens is 352 g/mol. The summed E-state index contributed by atoms with van der Waals surface area (Å²) in [5, 5.41) is 2.78. The molecule has 92 valence electrons. The van der Waals surface area contributed by atoms with Crippen LogP contribution in [0.25, 0.3) is 11.0 Å². The van der Waals surface area contributed by atoms with E-state index in [2.05, 4.69) is 36.9 Å². The Labute approximate surface area is 126 Å². The summed E-state index contributed by atoms with van der Waals surface area (Å²) in [6, 6.07) is 7.82. The number of thiophene rings is 1. The van der Waals surface area contributed by atoms with Crippen LogP contribution in [0.2, 0.25) is 5.02 Å². The number of benzene rings is 1. The second-order valence-corrected chi connectivity index (χ2v) is 6.55. The molecule has 2 nitrogen and oxygen atoms in total. The van der Waals surface area contributed by atoms with Crippen molar-refractivity contribution in [3.8, 4) is 0 Å². The monoisotopic (exact) mass is 358 g/mol. The third-order valence-corrected chi connectivity index (χ3v) is 5.20. The molecule has 0 radical (unpaired) electrons. The fourth-order valence-electron chi connectivity index (χ4n) is 1.87. The van der Waals surface area contributed by atoms with E-state index in [-0.39, 0.29) is 0 Å². The fraction of sp³-hybridized carbons (Fsp3) is 0.0833. The lowest BCUT2D eigenvalue weighted by Crippen LogP contribution is -1.98. The number of nitrogens with zero attached hydrogens (tertiary/aromatic N) is 1. The van der Waals surface area contributed by atoms with Crippen LogP contribution >= 0.6 is 51.1 Å². The highest BCUT2D eigenvalue weighted by Crippen LogP contribution is 2.26. The van der Waals surface area contributed by atoms with Gasteiger partial charge < -0.3 is 9.55 Å². The molecular formula is C12H8BrClN2S2. The van der Waals surface area contributed by atoms with Gasteiger partial charge in [0, 0.05) is 14.4 Å². The van der Waals surface area contributed by atoms with Gasteiger partial charge in [0.1, 0.15) is 0 Å². The number of nitrogens with one attached hydrogen (secondary N) is 1. The number of H-pyrrole nitrogens is 1. The minimum absolute atomic E-state index is 0.711. The highest BCUT2D eigenvalue weighted by Gasteiger charge is 2.08. The molecule has 0 spiro atoms. The molecule has 18 heavy (non-hydrogen) atoms. The molecule has 0 aliphatic carbocycles. The van der Waals surface area contributed by atoms with Gasteiger partial charge >= 0.3 is 0 Å². The second kappa shape index (κ2) is 4.81. The van der Waals surface area contributed by atoms with Crippen molar-refractivity contribution in [3.63, 3.8) is 0 Å². The van der Waals surface area contributed by atoms with Crippen molar-refractivity contribution in [3.05, 3.63) is 48.8 Å². The second-order valence-electron chi connectivity index (χ2n) is 3.87. The third-order valence-electron chi connectivity index (χ3n) is 2.73. The van der Waals surface area contributed by atoms with Gasteiger partial charge in [-0.2, -0.15) is 0 Å². The maximum atomic E-state index is 5.98. The number of hydrogen-bond acceptors (Lipinski definition) is 2. The zero-order valence-corrected chi connectivity index (χ0v) is 13.1. The number of halogens is 2. The van der Waals surface area contributed by atoms with E-state index in [0.717, 1.165) is 22.1 Å². The summed E-state index contributed by atoms with van der Waals surface area (Å²) in [5.41, 5.74) is 2.05. The summed E-state index contributed by atoms with van der Waals surface area (Å²) >= 11 is 16.6. The van der Waals surface area contributed by atoms with E-state index in [1.807, 2.05) is 18.2 Å². The maximum Gasteiger partial charge on any atom is 0.178 e. The van der Waals surface area contributed by atoms with Crippen LogP contribution in [0.15, 0.2) is 34.1 Å². The van der Waals surface area contributed by atoms with Gasteiger partial charge in [0.25, 0.3) is 0 Å². The average Bonchev–Trinajstić information content (AvgIpc) is 2.85. The molecule has 0 bridgehead atoms. The normalized spacial score (nSPS) is 11.2. The van der Waals surface area contributed by atoms with E-state index in [9.17, 15) is 0 Å². The molecule has 0 aliphatic rings. The highest BCUT2D eigenvalue weighted by molar-refractivity contribution is 9.10. The first kappa shape index (κ1) is 12.4. The first-order valence-corrected chi connectivity index (χ1v) is 7.71. The predicted octanol–water partition coefficient (Wildman–Crippen LogP) is 5.22. The molecule has 1 aromatic carbocycles. The average molecular weight is 360 g/mol. The van der Waals surface area contributed by atoms with Crippen molar-refractivity contribution in [1.29, 1.82) is 0 Å². The first-order chi connectivity index (χ1) is 8.65. The Hall–Kier alpha value is -0.620. The summed E-state index contributed by atoms with van der Waals surface area (Å²) < 4.78 is 3.92. The molecule has 2 aromatic heterocycles.